The Balaban J connectivity index is 1.29. The highest BCUT2D eigenvalue weighted by Crippen LogP contribution is 2.38. The average molecular weight is 538 g/mol. The smallest absolute Gasteiger partial charge is 0.208 e. The Bertz CT molecular complexity index is 1210. The Labute approximate surface area is 201 Å². The molecule has 2 N–H and O–H groups in total. The number of halogens is 3. The van der Waals surface area contributed by atoms with Crippen LogP contribution in [0, 0.1) is 11.6 Å². The number of nitrogens with zero attached hydrogens (tertiary/aromatic N) is 2. The number of aliphatic hydroxyl groups excluding tert-OH is 1. The second-order valence-electron chi connectivity index (χ2n) is 8.56. The lowest BCUT2D eigenvalue weighted by molar-refractivity contribution is 0.00780. The SMILES string of the molecule is O[C@@H]1CO[C@H]2[C@@H]1OC[C@H]2Oc1[nH]c2ccc(-c3c(F)cc(N4CCOCC4)cc3F)nc2c1Br. The molecule has 0 unspecified atom stereocenters. The van der Waals surface area contributed by atoms with E-state index >= 15 is 8.78 Å². The maximum absolute atomic E-state index is 15.1. The molecule has 5 heterocycles. The minimum Gasteiger partial charge on any atom is -0.469 e. The number of pyridine rings is 1. The van der Waals surface area contributed by atoms with Crippen LogP contribution in [0.1, 0.15) is 0 Å². The number of fused-ring (bicyclic) bond motifs is 2. The first-order valence-electron chi connectivity index (χ1n) is 11.1. The number of hydrogen-bond acceptors (Lipinski definition) is 7. The van der Waals surface area contributed by atoms with Crippen LogP contribution in [0.5, 0.6) is 5.88 Å². The standard InChI is InChI=1S/C23H22BrF2N3O5/c24-19-20-15(28-23(19)34-17-10-33-21-16(30)9-32-22(17)21)2-1-14(27-20)18-12(25)7-11(8-13(18)26)29-3-5-31-6-4-29/h1-2,7-8,16-17,21-22,28,30H,3-6,9-10H2/t16-,17-,21-,22-/m1/s1. The van der Waals surface area contributed by atoms with Crippen molar-refractivity contribution in [2.75, 3.05) is 44.4 Å². The van der Waals surface area contributed by atoms with E-state index in [1.165, 1.54) is 12.1 Å². The van der Waals surface area contributed by atoms with Crippen molar-refractivity contribution >= 4 is 32.7 Å². The third kappa shape index (κ3) is 3.75. The third-order valence-corrected chi connectivity index (χ3v) is 7.20. The molecular formula is C23H22BrF2N3O5. The molecule has 3 saturated heterocycles. The second kappa shape index (κ2) is 8.72. The zero-order valence-electron chi connectivity index (χ0n) is 18.0. The predicted octanol–water partition coefficient (Wildman–Crippen LogP) is 3.01. The van der Waals surface area contributed by atoms with Crippen molar-refractivity contribution in [3.8, 4) is 17.1 Å². The van der Waals surface area contributed by atoms with Gasteiger partial charge in [-0.15, -0.1) is 0 Å². The van der Waals surface area contributed by atoms with Gasteiger partial charge in [0.1, 0.15) is 39.9 Å². The molecule has 3 aliphatic rings. The van der Waals surface area contributed by atoms with E-state index in [-0.39, 0.29) is 30.6 Å². The van der Waals surface area contributed by atoms with Crippen LogP contribution in [0.4, 0.5) is 14.5 Å². The molecule has 0 spiro atoms. The van der Waals surface area contributed by atoms with Crippen LogP contribution in [-0.4, -0.2) is 79.0 Å². The molecular weight excluding hydrogens is 516 g/mol. The summed E-state index contributed by atoms with van der Waals surface area (Å²) >= 11 is 3.50. The largest absolute Gasteiger partial charge is 0.469 e. The van der Waals surface area contributed by atoms with Gasteiger partial charge in [0.15, 0.2) is 6.10 Å². The number of hydrogen-bond donors (Lipinski definition) is 2. The van der Waals surface area contributed by atoms with E-state index in [9.17, 15) is 5.11 Å². The fraction of sp³-hybridized carbons (Fsp3) is 0.435. The lowest BCUT2D eigenvalue weighted by atomic mass is 10.1. The van der Waals surface area contributed by atoms with E-state index in [1.54, 1.807) is 12.1 Å². The first-order valence-corrected chi connectivity index (χ1v) is 11.9. The van der Waals surface area contributed by atoms with Crippen LogP contribution in [0.15, 0.2) is 28.7 Å². The Morgan fingerprint density at radius 3 is 2.59 bits per heavy atom. The van der Waals surface area contributed by atoms with E-state index in [2.05, 4.69) is 25.9 Å². The highest BCUT2D eigenvalue weighted by Gasteiger charge is 2.48. The van der Waals surface area contributed by atoms with Gasteiger partial charge in [-0.2, -0.15) is 0 Å². The molecule has 0 amide bonds. The molecule has 11 heteroatoms. The van der Waals surface area contributed by atoms with Gasteiger partial charge in [0.05, 0.1) is 43.2 Å². The number of aliphatic hydroxyl groups is 1. The summed E-state index contributed by atoms with van der Waals surface area (Å²) in [6.45, 7) is 2.69. The number of ether oxygens (including phenoxy) is 4. The summed E-state index contributed by atoms with van der Waals surface area (Å²) < 4.78 is 53.2. The van der Waals surface area contributed by atoms with Gasteiger partial charge in [0, 0.05) is 18.8 Å². The summed E-state index contributed by atoms with van der Waals surface area (Å²) in [5, 5.41) is 9.92. The lowest BCUT2D eigenvalue weighted by Gasteiger charge is -2.29. The second-order valence-corrected chi connectivity index (χ2v) is 9.36. The monoisotopic (exact) mass is 537 g/mol. The van der Waals surface area contributed by atoms with Gasteiger partial charge in [-0.05, 0) is 40.2 Å². The maximum Gasteiger partial charge on any atom is 0.208 e. The molecule has 3 aliphatic heterocycles. The lowest BCUT2D eigenvalue weighted by Crippen LogP contribution is -2.36. The summed E-state index contributed by atoms with van der Waals surface area (Å²) in [7, 11) is 0. The van der Waals surface area contributed by atoms with Gasteiger partial charge in [0.25, 0.3) is 0 Å². The van der Waals surface area contributed by atoms with Crippen LogP contribution >= 0.6 is 15.9 Å². The van der Waals surface area contributed by atoms with E-state index in [4.69, 9.17) is 18.9 Å². The number of benzene rings is 1. The first-order chi connectivity index (χ1) is 16.5. The molecule has 0 saturated carbocycles. The fourth-order valence-electron chi connectivity index (χ4n) is 4.74. The van der Waals surface area contributed by atoms with Crippen LogP contribution in [0.2, 0.25) is 0 Å². The van der Waals surface area contributed by atoms with Crippen LogP contribution in [-0.2, 0) is 14.2 Å². The topological polar surface area (TPSA) is 89.1 Å². The summed E-state index contributed by atoms with van der Waals surface area (Å²) in [5.74, 6) is -0.951. The Morgan fingerprint density at radius 2 is 1.82 bits per heavy atom. The van der Waals surface area contributed by atoms with Crippen LogP contribution in [0.25, 0.3) is 22.3 Å². The van der Waals surface area contributed by atoms with Gasteiger partial charge in [-0.3, -0.25) is 0 Å². The average Bonchev–Trinajstić information content (AvgIpc) is 3.50. The highest BCUT2D eigenvalue weighted by atomic mass is 79.9. The first kappa shape index (κ1) is 22.2. The van der Waals surface area contributed by atoms with Crippen molar-refractivity contribution in [2.45, 2.75) is 24.4 Å². The number of aromatic amines is 1. The van der Waals surface area contributed by atoms with Gasteiger partial charge < -0.3 is 33.9 Å². The number of aromatic nitrogens is 2. The van der Waals surface area contributed by atoms with Crippen molar-refractivity contribution in [3.05, 3.63) is 40.4 Å². The molecule has 6 rings (SSSR count). The third-order valence-electron chi connectivity index (χ3n) is 6.46. The Hall–Kier alpha value is -2.31. The molecule has 2 aromatic heterocycles. The quantitative estimate of drug-likeness (QED) is 0.528. The minimum absolute atomic E-state index is 0.175. The maximum atomic E-state index is 15.1. The molecule has 1 aromatic carbocycles. The Morgan fingerprint density at radius 1 is 1.09 bits per heavy atom. The summed E-state index contributed by atoms with van der Waals surface area (Å²) in [6.07, 6.45) is -1.86. The van der Waals surface area contributed by atoms with E-state index in [0.29, 0.717) is 53.4 Å². The normalized spacial score (nSPS) is 26.9. The van der Waals surface area contributed by atoms with Crippen molar-refractivity contribution < 1.29 is 32.8 Å². The molecule has 3 aromatic rings. The molecule has 4 atom stereocenters. The summed E-state index contributed by atoms with van der Waals surface area (Å²) in [4.78, 5) is 9.53. The van der Waals surface area contributed by atoms with E-state index in [1.807, 2.05) is 4.90 Å². The van der Waals surface area contributed by atoms with E-state index < -0.39 is 29.9 Å². The zero-order valence-corrected chi connectivity index (χ0v) is 19.6. The van der Waals surface area contributed by atoms with Crippen LogP contribution in [0.3, 0.4) is 0 Å². The molecule has 0 aliphatic carbocycles. The van der Waals surface area contributed by atoms with Crippen molar-refractivity contribution in [1.29, 1.82) is 0 Å². The van der Waals surface area contributed by atoms with Gasteiger partial charge in [-0.1, -0.05) is 0 Å². The van der Waals surface area contributed by atoms with Gasteiger partial charge in [-0.25, -0.2) is 13.8 Å². The number of morpholine rings is 1. The number of anilines is 1. The Kier molecular flexibility index (Phi) is 5.69. The molecule has 34 heavy (non-hydrogen) atoms. The van der Waals surface area contributed by atoms with Crippen molar-refractivity contribution in [2.24, 2.45) is 0 Å². The highest BCUT2D eigenvalue weighted by molar-refractivity contribution is 9.10. The molecule has 0 bridgehead atoms. The number of rotatable bonds is 4. The summed E-state index contributed by atoms with van der Waals surface area (Å²) in [5.41, 5.74) is 1.59. The molecule has 8 nitrogen and oxygen atoms in total. The van der Waals surface area contributed by atoms with Crippen molar-refractivity contribution in [1.82, 2.24) is 9.97 Å². The van der Waals surface area contributed by atoms with Crippen molar-refractivity contribution in [3.63, 3.8) is 0 Å². The molecule has 3 fully saturated rings. The zero-order chi connectivity index (χ0) is 23.4. The predicted molar refractivity (Wildman–Crippen MR) is 122 cm³/mol. The van der Waals surface area contributed by atoms with Crippen LogP contribution < -0.4 is 9.64 Å². The van der Waals surface area contributed by atoms with E-state index in [0.717, 1.165) is 0 Å². The number of H-pyrrole nitrogens is 1. The fourth-order valence-corrected chi connectivity index (χ4v) is 5.23. The van der Waals surface area contributed by atoms with Gasteiger partial charge >= 0.3 is 0 Å². The molecule has 0 radical (unpaired) electrons. The number of nitrogens with one attached hydrogen (secondary N) is 1. The van der Waals surface area contributed by atoms with Gasteiger partial charge in [0.2, 0.25) is 5.88 Å². The summed E-state index contributed by atoms with van der Waals surface area (Å²) in [6, 6.07) is 5.94. The molecule has 180 valence electrons. The minimum atomic E-state index is -0.678.